The number of anilines is 1. The number of benzene rings is 1. The van der Waals surface area contributed by atoms with Gasteiger partial charge in [-0.15, -0.1) is 0 Å². The fourth-order valence-corrected chi connectivity index (χ4v) is 3.83. The molecule has 1 aromatic carbocycles. The molecule has 1 unspecified atom stereocenters. The van der Waals surface area contributed by atoms with Crippen LogP contribution in [0.25, 0.3) is 16.9 Å². The van der Waals surface area contributed by atoms with Gasteiger partial charge in [-0.05, 0) is 58.4 Å². The second-order valence-corrected chi connectivity index (χ2v) is 8.50. The molecule has 3 aromatic rings. The van der Waals surface area contributed by atoms with Gasteiger partial charge in [0, 0.05) is 11.1 Å². The molecule has 7 nitrogen and oxygen atoms in total. The van der Waals surface area contributed by atoms with Gasteiger partial charge in [0.05, 0.1) is 34.9 Å². The zero-order valence-electron chi connectivity index (χ0n) is 17.5. The monoisotopic (exact) mass is 431 g/mol. The van der Waals surface area contributed by atoms with Crippen molar-refractivity contribution in [2.45, 2.75) is 51.6 Å². The van der Waals surface area contributed by atoms with E-state index in [0.29, 0.717) is 5.69 Å². The Kier molecular flexibility index (Phi) is 5.42. The molecule has 10 heteroatoms. The van der Waals surface area contributed by atoms with Crippen LogP contribution in [0.15, 0.2) is 34.6 Å². The number of piperidine rings is 1. The minimum atomic E-state index is -2.76. The first kappa shape index (κ1) is 21.2. The Bertz CT molecular complexity index is 1150. The summed E-state index contributed by atoms with van der Waals surface area (Å²) in [4.78, 5) is 4.10. The molecular weight excluding hydrogens is 407 g/mol. The molecule has 2 aromatic heterocycles. The van der Waals surface area contributed by atoms with Gasteiger partial charge in [-0.2, -0.15) is 15.3 Å². The van der Waals surface area contributed by atoms with Crippen LogP contribution in [0.1, 0.15) is 44.4 Å². The van der Waals surface area contributed by atoms with E-state index in [-0.39, 0.29) is 45.4 Å². The molecule has 0 bridgehead atoms. The predicted octanol–water partition coefficient (Wildman–Crippen LogP) is 4.98. The molecule has 0 aliphatic carbocycles. The van der Waals surface area contributed by atoms with E-state index in [4.69, 9.17) is 5.73 Å². The fraction of sp³-hybridized carbons (Fsp3) is 0.429. The Morgan fingerprint density at radius 1 is 1.29 bits per heavy atom. The van der Waals surface area contributed by atoms with Crippen LogP contribution in [0.3, 0.4) is 0 Å². The van der Waals surface area contributed by atoms with Crippen LogP contribution in [0.2, 0.25) is 0 Å². The number of aromatic nitrogens is 3. The van der Waals surface area contributed by atoms with Crippen LogP contribution in [0.5, 0.6) is 0 Å². The number of aryl methyl sites for hydroxylation is 1. The van der Waals surface area contributed by atoms with E-state index in [1.165, 1.54) is 22.8 Å². The van der Waals surface area contributed by atoms with Gasteiger partial charge in [0.15, 0.2) is 5.65 Å². The van der Waals surface area contributed by atoms with Crippen molar-refractivity contribution in [1.82, 2.24) is 19.9 Å². The van der Waals surface area contributed by atoms with E-state index in [0.717, 1.165) is 25.5 Å². The topological polar surface area (TPSA) is 93.0 Å². The van der Waals surface area contributed by atoms with Crippen LogP contribution in [0.4, 0.5) is 24.5 Å². The minimum Gasteiger partial charge on any atom is -0.395 e. The number of alkyl halides is 2. The minimum absolute atomic E-state index is 0.0174. The standard InChI is InChI=1S/C21H24F3N7/c1-11-10-31-20(27-11)14(19(23)24)8-16(30-31)12-6-15(22)18(25)17(7-12)29-28-13-4-5-26-21(2,3)9-13/h6-8,10,13,19,26H,4-5,9,25H2,1-3H3. The van der Waals surface area contributed by atoms with Crippen molar-refractivity contribution in [2.24, 2.45) is 10.2 Å². The molecule has 0 saturated carbocycles. The van der Waals surface area contributed by atoms with E-state index in [9.17, 15) is 13.2 Å². The molecule has 1 aliphatic rings. The summed E-state index contributed by atoms with van der Waals surface area (Å²) in [7, 11) is 0. The number of hydrogen-bond donors (Lipinski definition) is 2. The average molecular weight is 431 g/mol. The quantitative estimate of drug-likeness (QED) is 0.450. The van der Waals surface area contributed by atoms with Gasteiger partial charge in [0.25, 0.3) is 6.43 Å². The number of fused-ring (bicyclic) bond motifs is 1. The highest BCUT2D eigenvalue weighted by Gasteiger charge is 2.27. The van der Waals surface area contributed by atoms with Gasteiger partial charge in [0.2, 0.25) is 0 Å². The van der Waals surface area contributed by atoms with Crippen molar-refractivity contribution >= 4 is 17.0 Å². The molecule has 1 aliphatic heterocycles. The van der Waals surface area contributed by atoms with Crippen LogP contribution < -0.4 is 11.1 Å². The van der Waals surface area contributed by atoms with E-state index in [2.05, 4.69) is 39.5 Å². The summed E-state index contributed by atoms with van der Waals surface area (Å²) >= 11 is 0. The third-order valence-corrected chi connectivity index (χ3v) is 5.37. The summed E-state index contributed by atoms with van der Waals surface area (Å²) < 4.78 is 43.0. The third-order valence-electron chi connectivity index (χ3n) is 5.37. The number of imidazole rings is 1. The number of halogens is 3. The molecular formula is C21H24F3N7. The molecule has 1 fully saturated rings. The smallest absolute Gasteiger partial charge is 0.267 e. The highest BCUT2D eigenvalue weighted by molar-refractivity contribution is 5.74. The van der Waals surface area contributed by atoms with Crippen LogP contribution in [-0.2, 0) is 0 Å². The molecule has 0 spiro atoms. The van der Waals surface area contributed by atoms with Crippen molar-refractivity contribution in [3.8, 4) is 11.3 Å². The van der Waals surface area contributed by atoms with Crippen molar-refractivity contribution in [3.63, 3.8) is 0 Å². The van der Waals surface area contributed by atoms with Crippen molar-refractivity contribution in [3.05, 3.63) is 41.5 Å². The lowest BCUT2D eigenvalue weighted by Gasteiger charge is -2.34. The van der Waals surface area contributed by atoms with Gasteiger partial charge >= 0.3 is 0 Å². The van der Waals surface area contributed by atoms with Gasteiger partial charge < -0.3 is 11.1 Å². The van der Waals surface area contributed by atoms with Crippen LogP contribution in [-0.4, -0.2) is 32.7 Å². The summed E-state index contributed by atoms with van der Waals surface area (Å²) in [6, 6.07) is 3.88. The fourth-order valence-electron chi connectivity index (χ4n) is 3.83. The van der Waals surface area contributed by atoms with Gasteiger partial charge in [-0.25, -0.2) is 22.7 Å². The van der Waals surface area contributed by atoms with Gasteiger partial charge in [-0.3, -0.25) is 0 Å². The molecule has 4 rings (SSSR count). The summed E-state index contributed by atoms with van der Waals surface area (Å²) in [6.45, 7) is 6.67. The maximum absolute atomic E-state index is 14.6. The van der Waals surface area contributed by atoms with Crippen molar-refractivity contribution < 1.29 is 13.2 Å². The summed E-state index contributed by atoms with van der Waals surface area (Å²) in [5, 5.41) is 16.3. The molecule has 3 N–H and O–H groups in total. The molecule has 0 radical (unpaired) electrons. The maximum Gasteiger partial charge on any atom is 0.267 e. The lowest BCUT2D eigenvalue weighted by atomic mass is 9.90. The third kappa shape index (κ3) is 4.39. The zero-order valence-corrected chi connectivity index (χ0v) is 17.5. The first-order valence-electron chi connectivity index (χ1n) is 10.0. The highest BCUT2D eigenvalue weighted by atomic mass is 19.3. The van der Waals surface area contributed by atoms with Crippen molar-refractivity contribution in [2.75, 3.05) is 12.3 Å². The van der Waals surface area contributed by atoms with Gasteiger partial charge in [-0.1, -0.05) is 0 Å². The number of azo groups is 1. The van der Waals surface area contributed by atoms with E-state index < -0.39 is 12.2 Å². The summed E-state index contributed by atoms with van der Waals surface area (Å²) in [5.41, 5.74) is 6.60. The zero-order chi connectivity index (χ0) is 22.3. The number of hydrogen-bond acceptors (Lipinski definition) is 6. The molecule has 1 atom stereocenters. The Balaban J connectivity index is 1.74. The SMILES string of the molecule is Cc1cn2nc(-c3cc(F)c(N)c(N=NC4CCNC(C)(C)C4)c3)cc(C(F)F)c2n1. The van der Waals surface area contributed by atoms with Crippen LogP contribution in [0, 0.1) is 12.7 Å². The summed E-state index contributed by atoms with van der Waals surface area (Å²) in [6.07, 6.45) is 0.379. The first-order valence-corrected chi connectivity index (χ1v) is 10.0. The van der Waals surface area contributed by atoms with Gasteiger partial charge in [0.1, 0.15) is 11.5 Å². The largest absolute Gasteiger partial charge is 0.395 e. The number of nitrogens with zero attached hydrogens (tertiary/aromatic N) is 5. The van der Waals surface area contributed by atoms with E-state index in [1.54, 1.807) is 6.92 Å². The molecule has 3 heterocycles. The maximum atomic E-state index is 14.6. The second-order valence-electron chi connectivity index (χ2n) is 8.50. The number of rotatable bonds is 4. The number of nitrogen functional groups attached to an aromatic ring is 1. The summed E-state index contributed by atoms with van der Waals surface area (Å²) in [5.74, 6) is -0.709. The lowest BCUT2D eigenvalue weighted by Crippen LogP contribution is -2.47. The molecule has 164 valence electrons. The molecule has 1 saturated heterocycles. The Labute approximate surface area is 177 Å². The lowest BCUT2D eigenvalue weighted by molar-refractivity contribution is 0.152. The second kappa shape index (κ2) is 7.92. The number of nitrogens with one attached hydrogen (secondary N) is 1. The van der Waals surface area contributed by atoms with Crippen molar-refractivity contribution in [1.29, 1.82) is 0 Å². The van der Waals surface area contributed by atoms with E-state index in [1.807, 2.05) is 0 Å². The average Bonchev–Trinajstić information content (AvgIpc) is 3.07. The molecule has 0 amide bonds. The normalized spacial score (nSPS) is 19.0. The Morgan fingerprint density at radius 2 is 2.06 bits per heavy atom. The number of nitrogens with two attached hydrogens (primary N) is 1. The van der Waals surface area contributed by atoms with E-state index >= 15 is 0 Å². The van der Waals surface area contributed by atoms with Crippen LogP contribution >= 0.6 is 0 Å². The Hall–Kier alpha value is -3.01. The molecule has 31 heavy (non-hydrogen) atoms. The predicted molar refractivity (Wildman–Crippen MR) is 112 cm³/mol. The Morgan fingerprint density at radius 3 is 2.77 bits per heavy atom. The highest BCUT2D eigenvalue weighted by Crippen LogP contribution is 2.34. The first-order chi connectivity index (χ1) is 14.6.